The summed E-state index contributed by atoms with van der Waals surface area (Å²) in [6.45, 7) is 4.03. The maximum Gasteiger partial charge on any atom is 0.287 e. The summed E-state index contributed by atoms with van der Waals surface area (Å²) >= 11 is 0. The Morgan fingerprint density at radius 3 is 2.82 bits per heavy atom. The van der Waals surface area contributed by atoms with Crippen molar-refractivity contribution < 1.29 is 4.79 Å². The van der Waals surface area contributed by atoms with Crippen LogP contribution >= 0.6 is 0 Å². The molecule has 0 aromatic carbocycles. The minimum absolute atomic E-state index is 0.161. The number of carbonyl (C=O) groups is 1. The number of pyridine rings is 1. The van der Waals surface area contributed by atoms with Gasteiger partial charge in [-0.05, 0) is 18.1 Å². The highest BCUT2D eigenvalue weighted by Gasteiger charge is 2.24. The van der Waals surface area contributed by atoms with Gasteiger partial charge in [0, 0.05) is 13.2 Å². The fourth-order valence-electron chi connectivity index (χ4n) is 2.28. The molecule has 0 radical (unpaired) electrons. The second-order valence-corrected chi connectivity index (χ2v) is 5.40. The summed E-state index contributed by atoms with van der Waals surface area (Å²) in [6, 6.07) is 3.37. The number of aryl methyl sites for hydroxylation is 1. The van der Waals surface area contributed by atoms with E-state index in [1.54, 1.807) is 24.0 Å². The topological polar surface area (TPSA) is 101 Å². The summed E-state index contributed by atoms with van der Waals surface area (Å²) in [7, 11) is 1.80. The van der Waals surface area contributed by atoms with Crippen LogP contribution in [0, 0.1) is 5.92 Å². The van der Waals surface area contributed by atoms with Crippen molar-refractivity contribution in [1.29, 1.82) is 0 Å². The summed E-state index contributed by atoms with van der Waals surface area (Å²) in [5.74, 6) is 0.813. The van der Waals surface area contributed by atoms with Crippen molar-refractivity contribution in [3.63, 3.8) is 0 Å². The Kier molecular flexibility index (Phi) is 3.58. The zero-order valence-electron chi connectivity index (χ0n) is 12.6. The number of amides is 1. The van der Waals surface area contributed by atoms with Crippen molar-refractivity contribution in [2.24, 2.45) is 13.0 Å². The van der Waals surface area contributed by atoms with Crippen LogP contribution in [-0.4, -0.2) is 35.6 Å². The molecule has 0 aliphatic carbocycles. The third kappa shape index (κ3) is 2.54. The van der Waals surface area contributed by atoms with Crippen LogP contribution in [0.3, 0.4) is 0 Å². The Hall–Kier alpha value is -2.77. The van der Waals surface area contributed by atoms with Gasteiger partial charge in [0.25, 0.3) is 5.91 Å². The molecular weight excluding hydrogens is 282 g/mol. The number of carbonyl (C=O) groups excluding carboxylic acids is 1. The molecule has 1 amide bonds. The van der Waals surface area contributed by atoms with E-state index in [0.29, 0.717) is 11.5 Å². The van der Waals surface area contributed by atoms with Gasteiger partial charge in [-0.25, -0.2) is 15.0 Å². The maximum absolute atomic E-state index is 12.4. The summed E-state index contributed by atoms with van der Waals surface area (Å²) in [5.41, 5.74) is 1.25. The van der Waals surface area contributed by atoms with E-state index < -0.39 is 0 Å². The van der Waals surface area contributed by atoms with Crippen LogP contribution in [0.5, 0.6) is 0 Å². The number of H-pyrrole nitrogens is 1. The lowest BCUT2D eigenvalue weighted by Crippen LogP contribution is -2.34. The van der Waals surface area contributed by atoms with Gasteiger partial charge < -0.3 is 10.3 Å². The second-order valence-electron chi connectivity index (χ2n) is 5.40. The lowest BCUT2D eigenvalue weighted by atomic mass is 10.0. The standard InChI is InChI=1S/C14H17N7O/c1-8(2)10(13-16-7-17-21(13)3)19-14(22)12-18-9-5-4-6-15-11(9)20-12/h4-8,10H,1-3H3,(H,19,22)(H,15,18,20). The molecule has 0 fully saturated rings. The molecule has 8 heteroatoms. The van der Waals surface area contributed by atoms with Crippen LogP contribution in [0.25, 0.3) is 11.2 Å². The number of nitrogens with zero attached hydrogens (tertiary/aromatic N) is 5. The SMILES string of the molecule is CC(C)C(NC(=O)c1nc2ncccc2[nH]1)c1ncnn1C. The highest BCUT2D eigenvalue weighted by molar-refractivity contribution is 5.93. The molecular formula is C14H17N7O. The van der Waals surface area contributed by atoms with Crippen molar-refractivity contribution in [3.8, 4) is 0 Å². The van der Waals surface area contributed by atoms with Gasteiger partial charge in [-0.2, -0.15) is 5.10 Å². The van der Waals surface area contributed by atoms with E-state index in [1.807, 2.05) is 19.9 Å². The fraction of sp³-hybridized carbons (Fsp3) is 0.357. The van der Waals surface area contributed by atoms with Crippen molar-refractivity contribution in [2.75, 3.05) is 0 Å². The maximum atomic E-state index is 12.4. The number of fused-ring (bicyclic) bond motifs is 1. The summed E-state index contributed by atoms with van der Waals surface area (Å²) in [5, 5.41) is 7.01. The predicted molar refractivity (Wildman–Crippen MR) is 79.9 cm³/mol. The Morgan fingerprint density at radius 1 is 1.36 bits per heavy atom. The molecule has 22 heavy (non-hydrogen) atoms. The third-order valence-electron chi connectivity index (χ3n) is 3.45. The van der Waals surface area contributed by atoms with E-state index in [2.05, 4.69) is 30.4 Å². The van der Waals surface area contributed by atoms with Crippen molar-refractivity contribution in [2.45, 2.75) is 19.9 Å². The molecule has 3 rings (SSSR count). The number of rotatable bonds is 4. The van der Waals surface area contributed by atoms with Crippen LogP contribution in [0.15, 0.2) is 24.7 Å². The largest absolute Gasteiger partial charge is 0.339 e. The number of aromatic nitrogens is 6. The quantitative estimate of drug-likeness (QED) is 0.754. The molecule has 3 heterocycles. The molecule has 3 aromatic rings. The number of aromatic amines is 1. The van der Waals surface area contributed by atoms with Gasteiger partial charge in [0.15, 0.2) is 11.5 Å². The Balaban J connectivity index is 1.86. The number of hydrogen-bond donors (Lipinski definition) is 2. The predicted octanol–water partition coefficient (Wildman–Crippen LogP) is 1.21. The van der Waals surface area contributed by atoms with E-state index in [1.165, 1.54) is 6.33 Å². The Morgan fingerprint density at radius 2 is 2.18 bits per heavy atom. The van der Waals surface area contributed by atoms with E-state index in [0.717, 1.165) is 5.52 Å². The van der Waals surface area contributed by atoms with Gasteiger partial charge in [0.2, 0.25) is 0 Å². The van der Waals surface area contributed by atoms with E-state index in [4.69, 9.17) is 0 Å². The van der Waals surface area contributed by atoms with Gasteiger partial charge in [0.05, 0.1) is 11.6 Å². The van der Waals surface area contributed by atoms with E-state index in [9.17, 15) is 4.79 Å². The molecule has 0 saturated carbocycles. The zero-order chi connectivity index (χ0) is 15.7. The molecule has 0 spiro atoms. The molecule has 3 aromatic heterocycles. The fourth-order valence-corrected chi connectivity index (χ4v) is 2.28. The van der Waals surface area contributed by atoms with Gasteiger partial charge in [-0.15, -0.1) is 0 Å². The smallest absolute Gasteiger partial charge is 0.287 e. The van der Waals surface area contributed by atoms with Gasteiger partial charge in [-0.1, -0.05) is 13.8 Å². The van der Waals surface area contributed by atoms with Crippen molar-refractivity contribution in [1.82, 2.24) is 35.0 Å². The summed E-state index contributed by atoms with van der Waals surface area (Å²) in [4.78, 5) is 28.0. The molecule has 0 aliphatic rings. The Labute approximate surface area is 127 Å². The monoisotopic (exact) mass is 299 g/mol. The van der Waals surface area contributed by atoms with Crippen LogP contribution in [0.1, 0.15) is 36.3 Å². The van der Waals surface area contributed by atoms with Gasteiger partial charge in [0.1, 0.15) is 12.2 Å². The second kappa shape index (κ2) is 5.55. The van der Waals surface area contributed by atoms with Crippen molar-refractivity contribution in [3.05, 3.63) is 36.3 Å². The van der Waals surface area contributed by atoms with Gasteiger partial charge >= 0.3 is 0 Å². The lowest BCUT2D eigenvalue weighted by Gasteiger charge is -2.20. The molecule has 8 nitrogen and oxygen atoms in total. The molecule has 0 saturated heterocycles. The highest BCUT2D eigenvalue weighted by Crippen LogP contribution is 2.19. The van der Waals surface area contributed by atoms with E-state index >= 15 is 0 Å². The average Bonchev–Trinajstić information content (AvgIpc) is 3.10. The minimum Gasteiger partial charge on any atom is -0.339 e. The molecule has 0 aliphatic heterocycles. The first-order valence-corrected chi connectivity index (χ1v) is 7.01. The van der Waals surface area contributed by atoms with Crippen LogP contribution in [0.4, 0.5) is 0 Å². The lowest BCUT2D eigenvalue weighted by molar-refractivity contribution is 0.0912. The molecule has 0 bridgehead atoms. The summed E-state index contributed by atoms with van der Waals surface area (Å²) < 4.78 is 1.66. The normalized spacial score (nSPS) is 12.7. The number of imidazole rings is 1. The van der Waals surface area contributed by atoms with Crippen LogP contribution < -0.4 is 5.32 Å². The molecule has 1 unspecified atom stereocenters. The number of nitrogens with one attached hydrogen (secondary N) is 2. The van der Waals surface area contributed by atoms with Crippen LogP contribution in [0.2, 0.25) is 0 Å². The van der Waals surface area contributed by atoms with Crippen molar-refractivity contribution >= 4 is 17.1 Å². The number of hydrogen-bond acceptors (Lipinski definition) is 5. The zero-order valence-corrected chi connectivity index (χ0v) is 12.6. The highest BCUT2D eigenvalue weighted by atomic mass is 16.2. The molecule has 1 atom stereocenters. The van der Waals surface area contributed by atoms with E-state index in [-0.39, 0.29) is 23.7 Å². The van der Waals surface area contributed by atoms with Gasteiger partial charge in [-0.3, -0.25) is 9.48 Å². The molecule has 114 valence electrons. The van der Waals surface area contributed by atoms with Crippen LogP contribution in [-0.2, 0) is 7.05 Å². The minimum atomic E-state index is -0.292. The average molecular weight is 299 g/mol. The Bertz CT molecular complexity index is 771. The molecule has 2 N–H and O–H groups in total. The first kappa shape index (κ1) is 14.2. The first-order chi connectivity index (χ1) is 10.6. The first-order valence-electron chi connectivity index (χ1n) is 7.01. The third-order valence-corrected chi connectivity index (χ3v) is 3.45. The summed E-state index contributed by atoms with van der Waals surface area (Å²) in [6.07, 6.45) is 3.11.